The van der Waals surface area contributed by atoms with Crippen LogP contribution in [-0.4, -0.2) is 5.11 Å². The van der Waals surface area contributed by atoms with E-state index in [-0.39, 0.29) is 17.7 Å². The SMILES string of the molecule is CC(C)C(N)c1cc(O)ccc1C#N. The van der Waals surface area contributed by atoms with Gasteiger partial charge >= 0.3 is 0 Å². The van der Waals surface area contributed by atoms with Crippen molar-refractivity contribution in [2.45, 2.75) is 19.9 Å². The van der Waals surface area contributed by atoms with E-state index < -0.39 is 0 Å². The first-order chi connectivity index (χ1) is 6.56. The third-order valence-electron chi connectivity index (χ3n) is 2.23. The van der Waals surface area contributed by atoms with Crippen LogP contribution in [0.1, 0.15) is 31.0 Å². The monoisotopic (exact) mass is 190 g/mol. The molecule has 1 rings (SSSR count). The molecule has 14 heavy (non-hydrogen) atoms. The van der Waals surface area contributed by atoms with Crippen LogP contribution >= 0.6 is 0 Å². The van der Waals surface area contributed by atoms with Gasteiger partial charge in [0.15, 0.2) is 0 Å². The molecule has 0 amide bonds. The molecule has 0 aliphatic heterocycles. The van der Waals surface area contributed by atoms with Gasteiger partial charge in [0, 0.05) is 6.04 Å². The minimum atomic E-state index is -0.211. The van der Waals surface area contributed by atoms with Gasteiger partial charge in [-0.1, -0.05) is 13.8 Å². The molecule has 1 aromatic carbocycles. The maximum atomic E-state index is 9.30. The topological polar surface area (TPSA) is 70.0 Å². The van der Waals surface area contributed by atoms with Gasteiger partial charge in [0.2, 0.25) is 0 Å². The predicted molar refractivity (Wildman–Crippen MR) is 54.6 cm³/mol. The van der Waals surface area contributed by atoms with E-state index in [0.717, 1.165) is 0 Å². The van der Waals surface area contributed by atoms with E-state index in [4.69, 9.17) is 11.0 Å². The fourth-order valence-corrected chi connectivity index (χ4v) is 1.29. The fraction of sp³-hybridized carbons (Fsp3) is 0.364. The second kappa shape index (κ2) is 4.12. The largest absolute Gasteiger partial charge is 0.508 e. The maximum Gasteiger partial charge on any atom is 0.116 e. The lowest BCUT2D eigenvalue weighted by atomic mass is 9.93. The van der Waals surface area contributed by atoms with Crippen molar-refractivity contribution in [2.75, 3.05) is 0 Å². The third-order valence-corrected chi connectivity index (χ3v) is 2.23. The zero-order chi connectivity index (χ0) is 10.7. The van der Waals surface area contributed by atoms with Gasteiger partial charge in [-0.25, -0.2) is 0 Å². The second-order valence-corrected chi connectivity index (χ2v) is 3.65. The molecule has 0 bridgehead atoms. The molecule has 1 atom stereocenters. The molecule has 74 valence electrons. The lowest BCUT2D eigenvalue weighted by Crippen LogP contribution is -2.17. The molecular formula is C11H14N2O. The highest BCUT2D eigenvalue weighted by molar-refractivity contribution is 5.43. The molecular weight excluding hydrogens is 176 g/mol. The minimum absolute atomic E-state index is 0.148. The van der Waals surface area contributed by atoms with E-state index in [2.05, 4.69) is 6.07 Å². The Morgan fingerprint density at radius 1 is 1.43 bits per heavy atom. The molecule has 1 unspecified atom stereocenters. The first kappa shape index (κ1) is 10.6. The Bertz CT molecular complexity index is 366. The third kappa shape index (κ3) is 2.04. The lowest BCUT2D eigenvalue weighted by Gasteiger charge is -2.17. The average molecular weight is 190 g/mol. The summed E-state index contributed by atoms with van der Waals surface area (Å²) in [6, 6.07) is 6.50. The van der Waals surface area contributed by atoms with E-state index in [1.54, 1.807) is 12.1 Å². The Morgan fingerprint density at radius 3 is 2.57 bits per heavy atom. The number of phenolic OH excluding ortho intramolecular Hbond substituents is 1. The van der Waals surface area contributed by atoms with E-state index in [0.29, 0.717) is 11.1 Å². The van der Waals surface area contributed by atoms with E-state index >= 15 is 0 Å². The number of hydrogen-bond donors (Lipinski definition) is 2. The summed E-state index contributed by atoms with van der Waals surface area (Å²) in [5.74, 6) is 0.388. The van der Waals surface area contributed by atoms with Gasteiger partial charge in [-0.05, 0) is 29.7 Å². The van der Waals surface area contributed by atoms with E-state index in [1.165, 1.54) is 6.07 Å². The number of nitriles is 1. The molecule has 0 fully saturated rings. The van der Waals surface area contributed by atoms with Crippen molar-refractivity contribution in [2.24, 2.45) is 11.7 Å². The molecule has 1 aromatic rings. The van der Waals surface area contributed by atoms with Gasteiger partial charge in [-0.3, -0.25) is 0 Å². The molecule has 0 heterocycles. The molecule has 3 N–H and O–H groups in total. The van der Waals surface area contributed by atoms with Crippen molar-refractivity contribution in [1.29, 1.82) is 5.26 Å². The van der Waals surface area contributed by atoms with Crippen LogP contribution < -0.4 is 5.73 Å². The minimum Gasteiger partial charge on any atom is -0.508 e. The quantitative estimate of drug-likeness (QED) is 0.748. The smallest absolute Gasteiger partial charge is 0.116 e. The van der Waals surface area contributed by atoms with Crippen molar-refractivity contribution in [3.8, 4) is 11.8 Å². The summed E-state index contributed by atoms with van der Waals surface area (Å²) in [6.07, 6.45) is 0. The van der Waals surface area contributed by atoms with Crippen LogP contribution in [0.25, 0.3) is 0 Å². The predicted octanol–water partition coefficient (Wildman–Crippen LogP) is 1.92. The Kier molecular flexibility index (Phi) is 3.10. The van der Waals surface area contributed by atoms with Crippen molar-refractivity contribution < 1.29 is 5.11 Å². The van der Waals surface area contributed by atoms with Crippen LogP contribution in [-0.2, 0) is 0 Å². The Labute approximate surface area is 83.8 Å². The van der Waals surface area contributed by atoms with Crippen molar-refractivity contribution in [1.82, 2.24) is 0 Å². The van der Waals surface area contributed by atoms with Crippen molar-refractivity contribution in [3.63, 3.8) is 0 Å². The Hall–Kier alpha value is -1.53. The Balaban J connectivity index is 3.18. The molecule has 0 aliphatic rings. The van der Waals surface area contributed by atoms with Crippen LogP contribution in [0.2, 0.25) is 0 Å². The lowest BCUT2D eigenvalue weighted by molar-refractivity contribution is 0.468. The van der Waals surface area contributed by atoms with Crippen LogP contribution in [0.5, 0.6) is 5.75 Å². The fourth-order valence-electron chi connectivity index (χ4n) is 1.29. The van der Waals surface area contributed by atoms with Gasteiger partial charge < -0.3 is 10.8 Å². The highest BCUT2D eigenvalue weighted by Crippen LogP contribution is 2.25. The number of hydrogen-bond acceptors (Lipinski definition) is 3. The van der Waals surface area contributed by atoms with Crippen LogP contribution in [0.4, 0.5) is 0 Å². The van der Waals surface area contributed by atoms with Crippen LogP contribution in [0.15, 0.2) is 18.2 Å². The standard InChI is InChI=1S/C11H14N2O/c1-7(2)11(13)10-5-9(14)4-3-8(10)6-12/h3-5,7,11,14H,13H2,1-2H3. The number of nitrogens with two attached hydrogens (primary N) is 1. The molecule has 0 radical (unpaired) electrons. The first-order valence-electron chi connectivity index (χ1n) is 4.55. The summed E-state index contributed by atoms with van der Waals surface area (Å²) in [4.78, 5) is 0. The highest BCUT2D eigenvalue weighted by atomic mass is 16.3. The van der Waals surface area contributed by atoms with Gasteiger partial charge in [-0.15, -0.1) is 0 Å². The normalized spacial score (nSPS) is 12.5. The summed E-state index contributed by atoms with van der Waals surface area (Å²) in [6.45, 7) is 3.96. The average Bonchev–Trinajstić information content (AvgIpc) is 2.16. The summed E-state index contributed by atoms with van der Waals surface area (Å²) in [5.41, 5.74) is 7.16. The number of rotatable bonds is 2. The summed E-state index contributed by atoms with van der Waals surface area (Å²) in [7, 11) is 0. The van der Waals surface area contributed by atoms with E-state index in [1.807, 2.05) is 13.8 Å². The summed E-state index contributed by atoms with van der Waals surface area (Å²) >= 11 is 0. The number of phenols is 1. The highest BCUT2D eigenvalue weighted by Gasteiger charge is 2.14. The number of benzene rings is 1. The summed E-state index contributed by atoms with van der Waals surface area (Å²) in [5, 5.41) is 18.2. The Morgan fingerprint density at radius 2 is 2.07 bits per heavy atom. The molecule has 0 aromatic heterocycles. The maximum absolute atomic E-state index is 9.30. The molecule has 0 aliphatic carbocycles. The van der Waals surface area contributed by atoms with Crippen LogP contribution in [0, 0.1) is 17.2 Å². The van der Waals surface area contributed by atoms with Gasteiger partial charge in [0.05, 0.1) is 11.6 Å². The molecule has 0 saturated heterocycles. The molecule has 0 saturated carbocycles. The number of aromatic hydroxyl groups is 1. The zero-order valence-electron chi connectivity index (χ0n) is 8.36. The molecule has 3 nitrogen and oxygen atoms in total. The van der Waals surface area contributed by atoms with Gasteiger partial charge in [-0.2, -0.15) is 5.26 Å². The van der Waals surface area contributed by atoms with Gasteiger partial charge in [0.25, 0.3) is 0 Å². The first-order valence-corrected chi connectivity index (χ1v) is 4.55. The zero-order valence-corrected chi connectivity index (χ0v) is 8.36. The number of nitrogens with zero attached hydrogens (tertiary/aromatic N) is 1. The molecule has 0 spiro atoms. The second-order valence-electron chi connectivity index (χ2n) is 3.65. The van der Waals surface area contributed by atoms with Crippen molar-refractivity contribution >= 4 is 0 Å². The van der Waals surface area contributed by atoms with Crippen LogP contribution in [0.3, 0.4) is 0 Å². The van der Waals surface area contributed by atoms with Gasteiger partial charge in [0.1, 0.15) is 5.75 Å². The molecule has 3 heteroatoms. The van der Waals surface area contributed by atoms with Crippen molar-refractivity contribution in [3.05, 3.63) is 29.3 Å². The van der Waals surface area contributed by atoms with E-state index in [9.17, 15) is 5.11 Å². The summed E-state index contributed by atoms with van der Waals surface area (Å²) < 4.78 is 0.